The van der Waals surface area contributed by atoms with Gasteiger partial charge in [0.15, 0.2) is 5.82 Å². The Balaban J connectivity index is 1.91. The Labute approximate surface area is 124 Å². The number of nitrogens with two attached hydrogens (primary N) is 1. The Morgan fingerprint density at radius 1 is 1.29 bits per heavy atom. The van der Waals surface area contributed by atoms with E-state index in [1.54, 1.807) is 0 Å². The summed E-state index contributed by atoms with van der Waals surface area (Å²) < 4.78 is 5.61. The van der Waals surface area contributed by atoms with Crippen LogP contribution in [0.15, 0.2) is 36.4 Å². The molecule has 1 fully saturated rings. The third-order valence-electron chi connectivity index (χ3n) is 3.60. The van der Waals surface area contributed by atoms with E-state index < -0.39 is 0 Å². The largest absolute Gasteiger partial charge is 0.373 e. The molecule has 1 atom stereocenters. The van der Waals surface area contributed by atoms with Crippen LogP contribution in [0.2, 0.25) is 0 Å². The molecule has 2 aromatic rings. The van der Waals surface area contributed by atoms with Crippen molar-refractivity contribution in [1.82, 2.24) is 9.97 Å². The predicted molar refractivity (Wildman–Crippen MR) is 83.2 cm³/mol. The molecule has 0 saturated carbocycles. The van der Waals surface area contributed by atoms with Crippen LogP contribution in [0.1, 0.15) is 5.69 Å². The van der Waals surface area contributed by atoms with Crippen molar-refractivity contribution in [2.24, 2.45) is 5.73 Å². The quantitative estimate of drug-likeness (QED) is 0.928. The molecule has 1 aromatic heterocycles. The zero-order chi connectivity index (χ0) is 14.7. The highest BCUT2D eigenvalue weighted by molar-refractivity contribution is 5.57. The molecule has 1 aliphatic rings. The third-order valence-corrected chi connectivity index (χ3v) is 3.60. The van der Waals surface area contributed by atoms with Gasteiger partial charge in [-0.3, -0.25) is 0 Å². The summed E-state index contributed by atoms with van der Waals surface area (Å²) in [6, 6.07) is 12.1. The van der Waals surface area contributed by atoms with Gasteiger partial charge < -0.3 is 15.4 Å². The summed E-state index contributed by atoms with van der Waals surface area (Å²) in [6.45, 7) is 4.83. The minimum absolute atomic E-state index is 0.0780. The van der Waals surface area contributed by atoms with Crippen LogP contribution in [0.5, 0.6) is 0 Å². The highest BCUT2D eigenvalue weighted by Crippen LogP contribution is 2.21. The fraction of sp³-hybridized carbons (Fsp3) is 0.375. The summed E-state index contributed by atoms with van der Waals surface area (Å²) >= 11 is 0. The molecule has 5 heteroatoms. The maximum absolute atomic E-state index is 5.71. The molecule has 1 aromatic carbocycles. The molecule has 0 unspecified atom stereocenters. The Bertz CT molecular complexity index is 602. The Hall–Kier alpha value is -1.98. The van der Waals surface area contributed by atoms with Crippen LogP contribution < -0.4 is 10.6 Å². The van der Waals surface area contributed by atoms with E-state index in [9.17, 15) is 0 Å². The Morgan fingerprint density at radius 2 is 2.10 bits per heavy atom. The lowest BCUT2D eigenvalue weighted by atomic mass is 10.2. The molecular formula is C16H20N4O. The van der Waals surface area contributed by atoms with Gasteiger partial charge in [-0.05, 0) is 6.92 Å². The number of ether oxygens (including phenoxy) is 1. The number of hydrogen-bond acceptors (Lipinski definition) is 5. The summed E-state index contributed by atoms with van der Waals surface area (Å²) in [4.78, 5) is 11.5. The van der Waals surface area contributed by atoms with Crippen LogP contribution in [-0.4, -0.2) is 42.3 Å². The first-order valence-electron chi connectivity index (χ1n) is 7.24. The van der Waals surface area contributed by atoms with E-state index in [4.69, 9.17) is 15.5 Å². The van der Waals surface area contributed by atoms with E-state index in [1.807, 2.05) is 43.3 Å². The fourth-order valence-corrected chi connectivity index (χ4v) is 2.50. The second-order valence-corrected chi connectivity index (χ2v) is 5.23. The van der Waals surface area contributed by atoms with Crippen molar-refractivity contribution >= 4 is 5.82 Å². The second-order valence-electron chi connectivity index (χ2n) is 5.23. The minimum Gasteiger partial charge on any atom is -0.373 e. The van der Waals surface area contributed by atoms with Gasteiger partial charge in [0.25, 0.3) is 0 Å². The van der Waals surface area contributed by atoms with Gasteiger partial charge in [-0.15, -0.1) is 0 Å². The maximum Gasteiger partial charge on any atom is 0.161 e. The molecule has 21 heavy (non-hydrogen) atoms. The van der Waals surface area contributed by atoms with Crippen molar-refractivity contribution in [3.05, 3.63) is 42.1 Å². The Kier molecular flexibility index (Phi) is 4.13. The van der Waals surface area contributed by atoms with E-state index in [-0.39, 0.29) is 6.10 Å². The van der Waals surface area contributed by atoms with Crippen LogP contribution in [0.25, 0.3) is 11.4 Å². The summed E-state index contributed by atoms with van der Waals surface area (Å²) in [5, 5.41) is 0. The zero-order valence-corrected chi connectivity index (χ0v) is 12.2. The predicted octanol–water partition coefficient (Wildman–Crippen LogP) is 1.62. The number of hydrogen-bond donors (Lipinski definition) is 1. The topological polar surface area (TPSA) is 64.3 Å². The summed E-state index contributed by atoms with van der Waals surface area (Å²) in [5.74, 6) is 1.71. The molecule has 2 N–H and O–H groups in total. The van der Waals surface area contributed by atoms with Crippen molar-refractivity contribution in [3.8, 4) is 11.4 Å². The second kappa shape index (κ2) is 6.20. The van der Waals surface area contributed by atoms with Gasteiger partial charge in [0.1, 0.15) is 5.82 Å². The van der Waals surface area contributed by atoms with Gasteiger partial charge in [-0.2, -0.15) is 0 Å². The first-order chi connectivity index (χ1) is 10.3. The third kappa shape index (κ3) is 3.20. The van der Waals surface area contributed by atoms with E-state index in [1.165, 1.54) is 0 Å². The lowest BCUT2D eigenvalue weighted by molar-refractivity contribution is 0.0463. The number of morpholine rings is 1. The SMILES string of the molecule is Cc1cc(N2CCO[C@@H](CN)C2)nc(-c2ccccc2)n1. The normalized spacial score (nSPS) is 18.8. The minimum atomic E-state index is 0.0780. The van der Waals surface area contributed by atoms with Crippen LogP contribution in [0.4, 0.5) is 5.82 Å². The first-order valence-corrected chi connectivity index (χ1v) is 7.24. The first kappa shape index (κ1) is 14.0. The number of nitrogens with zero attached hydrogens (tertiary/aromatic N) is 3. The molecule has 2 heterocycles. The molecule has 0 bridgehead atoms. The molecule has 3 rings (SSSR count). The summed E-state index contributed by atoms with van der Waals surface area (Å²) in [6.07, 6.45) is 0.0780. The monoisotopic (exact) mass is 284 g/mol. The lowest BCUT2D eigenvalue weighted by Gasteiger charge is -2.33. The molecule has 1 saturated heterocycles. The molecule has 0 amide bonds. The molecular weight excluding hydrogens is 264 g/mol. The van der Waals surface area contributed by atoms with Crippen molar-refractivity contribution in [2.45, 2.75) is 13.0 Å². The standard InChI is InChI=1S/C16H20N4O/c1-12-9-15(20-7-8-21-14(10-17)11-20)19-16(18-12)13-5-3-2-4-6-13/h2-6,9,14H,7-8,10-11,17H2,1H3/t14-/m0/s1. The van der Waals surface area contributed by atoms with Crippen LogP contribution >= 0.6 is 0 Å². The number of anilines is 1. The highest BCUT2D eigenvalue weighted by Gasteiger charge is 2.21. The number of aryl methyl sites for hydroxylation is 1. The van der Waals surface area contributed by atoms with Gasteiger partial charge in [0.05, 0.1) is 12.7 Å². The van der Waals surface area contributed by atoms with E-state index in [0.29, 0.717) is 13.2 Å². The van der Waals surface area contributed by atoms with Crippen molar-refractivity contribution < 1.29 is 4.74 Å². The van der Waals surface area contributed by atoms with Crippen LogP contribution in [0, 0.1) is 6.92 Å². The van der Waals surface area contributed by atoms with Crippen molar-refractivity contribution in [2.75, 3.05) is 31.1 Å². The van der Waals surface area contributed by atoms with Gasteiger partial charge in [0.2, 0.25) is 0 Å². The molecule has 5 nitrogen and oxygen atoms in total. The Morgan fingerprint density at radius 3 is 2.86 bits per heavy atom. The van der Waals surface area contributed by atoms with Gasteiger partial charge >= 0.3 is 0 Å². The summed E-state index contributed by atoms with van der Waals surface area (Å²) in [7, 11) is 0. The smallest absolute Gasteiger partial charge is 0.161 e. The van der Waals surface area contributed by atoms with E-state index in [2.05, 4.69) is 9.88 Å². The highest BCUT2D eigenvalue weighted by atomic mass is 16.5. The van der Waals surface area contributed by atoms with Gasteiger partial charge in [0, 0.05) is 37.0 Å². The van der Waals surface area contributed by atoms with Gasteiger partial charge in [-0.25, -0.2) is 9.97 Å². The average molecular weight is 284 g/mol. The number of rotatable bonds is 3. The maximum atomic E-state index is 5.71. The fourth-order valence-electron chi connectivity index (χ4n) is 2.50. The molecule has 1 aliphatic heterocycles. The number of benzene rings is 1. The molecule has 110 valence electrons. The number of aromatic nitrogens is 2. The summed E-state index contributed by atoms with van der Waals surface area (Å²) in [5.41, 5.74) is 7.71. The van der Waals surface area contributed by atoms with Crippen molar-refractivity contribution in [1.29, 1.82) is 0 Å². The van der Waals surface area contributed by atoms with Crippen LogP contribution in [-0.2, 0) is 4.74 Å². The lowest BCUT2D eigenvalue weighted by Crippen LogP contribution is -2.46. The molecule has 0 aliphatic carbocycles. The molecule has 0 spiro atoms. The van der Waals surface area contributed by atoms with Crippen molar-refractivity contribution in [3.63, 3.8) is 0 Å². The van der Waals surface area contributed by atoms with E-state index in [0.717, 1.165) is 36.0 Å². The van der Waals surface area contributed by atoms with E-state index >= 15 is 0 Å². The zero-order valence-electron chi connectivity index (χ0n) is 12.2. The van der Waals surface area contributed by atoms with Gasteiger partial charge in [-0.1, -0.05) is 30.3 Å². The van der Waals surface area contributed by atoms with Crippen LogP contribution in [0.3, 0.4) is 0 Å². The molecule has 0 radical (unpaired) electrons. The average Bonchev–Trinajstić information content (AvgIpc) is 2.55.